The average Bonchev–Trinajstić information content (AvgIpc) is 4.19. The van der Waals surface area contributed by atoms with Gasteiger partial charge in [0.1, 0.15) is 0 Å². The fraction of sp³-hybridized carbons (Fsp3) is 0.250. The van der Waals surface area contributed by atoms with E-state index in [-0.39, 0.29) is 0 Å². The summed E-state index contributed by atoms with van der Waals surface area (Å²) in [6.07, 6.45) is 4.63. The topological polar surface area (TPSA) is 0 Å². The standard InChI is InChI=1S/2C30H33.C12H7Si.2ClH.Zr/c2*1-6-10-22-15-24-13-14-28(23-11-8-7-9-12-23)30(29(24)16-22)27-18-25(20(2)3)17-26(19-27)21(4)5;1-3-7-11-9(5-1)10-6-2-4-8-12(10)13-11;;;/h2*7-9,11-21H,6,10H2,1-5H3;1-7H;2*1H;/q3*-1;;;+2/p-2. The van der Waals surface area contributed by atoms with Crippen LogP contribution in [0.5, 0.6) is 0 Å². The quantitative estimate of drug-likeness (QED) is 0.0845. The van der Waals surface area contributed by atoms with E-state index < -0.39 is 20.8 Å². The third-order valence-electron chi connectivity index (χ3n) is 14.7. The molecule has 0 saturated carbocycles. The Balaban J connectivity index is 0.000000157. The van der Waals surface area contributed by atoms with Crippen molar-refractivity contribution >= 4 is 58.5 Å². The van der Waals surface area contributed by atoms with Gasteiger partial charge in [0, 0.05) is 0 Å². The van der Waals surface area contributed by atoms with E-state index in [0.29, 0.717) is 23.7 Å². The molecule has 76 heavy (non-hydrogen) atoms. The van der Waals surface area contributed by atoms with Gasteiger partial charge in [0.05, 0.1) is 9.52 Å². The second-order valence-corrected chi connectivity index (χ2v) is 26.6. The predicted molar refractivity (Wildman–Crippen MR) is 333 cm³/mol. The number of fused-ring (bicyclic) bond motifs is 5. The Morgan fingerprint density at radius 3 is 1.24 bits per heavy atom. The van der Waals surface area contributed by atoms with Gasteiger partial charge in [-0.1, -0.05) is 237 Å². The van der Waals surface area contributed by atoms with Crippen molar-refractivity contribution < 1.29 is 20.8 Å². The van der Waals surface area contributed by atoms with E-state index in [1.165, 1.54) is 134 Å². The maximum atomic E-state index is 4.93. The summed E-state index contributed by atoms with van der Waals surface area (Å²) in [5.41, 5.74) is 22.0. The molecule has 0 bridgehead atoms. The molecule has 0 aliphatic carbocycles. The van der Waals surface area contributed by atoms with Gasteiger partial charge in [-0.2, -0.15) is 41.6 Å². The molecule has 386 valence electrons. The first-order valence-corrected chi connectivity index (χ1v) is 34.8. The number of benzene rings is 8. The van der Waals surface area contributed by atoms with Crippen molar-refractivity contribution in [3.8, 4) is 55.6 Å². The van der Waals surface area contributed by atoms with Gasteiger partial charge in [0.25, 0.3) is 0 Å². The SMILES string of the molecule is CCCc1cc2c(-c3cc(C(C)C)cc(C(C)C)c3)c(-c3ccccc3)ccc2[cH-]1.CCCc1cc2c(-c3cc(C(C)C)cc(C(C)C)c3)c(-c3ccccc3)ccc2[cH-]1.[Cl][Zr][Cl].[c-]1cccc2c1[Si]c1ccccc1-2. The van der Waals surface area contributed by atoms with Gasteiger partial charge in [0.15, 0.2) is 0 Å². The van der Waals surface area contributed by atoms with Crippen LogP contribution in [-0.4, -0.2) is 9.52 Å². The molecule has 0 saturated heterocycles. The van der Waals surface area contributed by atoms with Crippen molar-refractivity contribution in [1.29, 1.82) is 0 Å². The number of rotatable bonds is 12. The van der Waals surface area contributed by atoms with Gasteiger partial charge in [-0.25, -0.2) is 0 Å². The smallest absolute Gasteiger partial charge is 0.0920 e. The third-order valence-corrected chi connectivity index (χ3v) is 16.0. The molecule has 4 heteroatoms. The van der Waals surface area contributed by atoms with E-state index in [2.05, 4.69) is 257 Å². The van der Waals surface area contributed by atoms with Gasteiger partial charge < -0.3 is 0 Å². The fourth-order valence-electron chi connectivity index (χ4n) is 10.6. The molecule has 11 rings (SSSR count). The molecule has 0 spiro atoms. The molecule has 0 aromatic heterocycles. The average molecular weight is 1130 g/mol. The van der Waals surface area contributed by atoms with Gasteiger partial charge in [-0.3, -0.25) is 0 Å². The van der Waals surface area contributed by atoms with Gasteiger partial charge in [0.2, 0.25) is 0 Å². The molecule has 10 aromatic carbocycles. The maximum absolute atomic E-state index is 4.93. The molecule has 0 N–H and O–H groups in total. The summed E-state index contributed by atoms with van der Waals surface area (Å²) in [6.45, 7) is 22.9. The van der Waals surface area contributed by atoms with E-state index in [4.69, 9.17) is 17.0 Å². The molecular weight excluding hydrogens is 1060 g/mol. The maximum Gasteiger partial charge on any atom is 0.0920 e. The third kappa shape index (κ3) is 13.5. The van der Waals surface area contributed by atoms with Gasteiger partial charge in [-0.15, -0.1) is 62.5 Å². The van der Waals surface area contributed by atoms with E-state index in [0.717, 1.165) is 22.4 Å². The molecule has 1 heterocycles. The van der Waals surface area contributed by atoms with Crippen LogP contribution in [0.1, 0.15) is 139 Å². The number of hydrogen-bond donors (Lipinski definition) is 0. The monoisotopic (exact) mass is 1130 g/mol. The summed E-state index contributed by atoms with van der Waals surface area (Å²) >= 11 is -0.826. The summed E-state index contributed by atoms with van der Waals surface area (Å²) < 4.78 is 0. The Morgan fingerprint density at radius 2 is 0.829 bits per heavy atom. The Hall–Kier alpha value is -5.34. The normalized spacial score (nSPS) is 11.5. The van der Waals surface area contributed by atoms with Crippen molar-refractivity contribution in [1.82, 2.24) is 0 Å². The summed E-state index contributed by atoms with van der Waals surface area (Å²) in [7, 11) is 10.7. The van der Waals surface area contributed by atoms with E-state index >= 15 is 0 Å². The Kier molecular flexibility index (Phi) is 20.1. The minimum Gasteiger partial charge on any atom is -0.184 e. The van der Waals surface area contributed by atoms with Crippen molar-refractivity contribution in [2.45, 2.75) is 119 Å². The molecular formula is C72H73Cl2SiZr-3. The molecule has 1 aliphatic rings. The molecule has 2 radical (unpaired) electrons. The van der Waals surface area contributed by atoms with Crippen molar-refractivity contribution in [3.05, 3.63) is 228 Å². The molecule has 0 amide bonds. The Bertz CT molecular complexity index is 3200. The van der Waals surface area contributed by atoms with Crippen LogP contribution < -0.4 is 10.4 Å². The molecule has 0 atom stereocenters. The van der Waals surface area contributed by atoms with Crippen LogP contribution in [0.2, 0.25) is 0 Å². The van der Waals surface area contributed by atoms with Crippen LogP contribution in [0.3, 0.4) is 0 Å². The summed E-state index contributed by atoms with van der Waals surface area (Å²) in [4.78, 5) is 0. The fourth-order valence-corrected chi connectivity index (χ4v) is 11.9. The van der Waals surface area contributed by atoms with Crippen molar-refractivity contribution in [2.24, 2.45) is 0 Å². The minimum atomic E-state index is -0.826. The first-order valence-electron chi connectivity index (χ1n) is 27.5. The predicted octanol–water partition coefficient (Wildman–Crippen LogP) is 20.7. The van der Waals surface area contributed by atoms with Crippen LogP contribution in [0, 0.1) is 6.07 Å². The molecule has 0 nitrogen and oxygen atoms in total. The van der Waals surface area contributed by atoms with E-state index in [1.807, 2.05) is 6.07 Å². The van der Waals surface area contributed by atoms with Crippen LogP contribution in [-0.2, 0) is 33.7 Å². The first-order chi connectivity index (χ1) is 36.8. The second kappa shape index (κ2) is 26.8. The largest absolute Gasteiger partial charge is 0.184 e. The Labute approximate surface area is 477 Å². The second-order valence-electron chi connectivity index (χ2n) is 21.5. The summed E-state index contributed by atoms with van der Waals surface area (Å²) in [5.74, 6) is 2.04. The number of hydrogen-bond acceptors (Lipinski definition) is 0. The van der Waals surface area contributed by atoms with Crippen LogP contribution in [0.25, 0.3) is 77.2 Å². The molecule has 0 fully saturated rings. The zero-order valence-electron chi connectivity index (χ0n) is 46.3. The number of halogens is 2. The molecule has 10 aromatic rings. The van der Waals surface area contributed by atoms with E-state index in [9.17, 15) is 0 Å². The molecule has 0 unspecified atom stereocenters. The zero-order chi connectivity index (χ0) is 53.9. The van der Waals surface area contributed by atoms with Crippen LogP contribution in [0.15, 0.2) is 188 Å². The van der Waals surface area contributed by atoms with Crippen LogP contribution in [0.4, 0.5) is 0 Å². The van der Waals surface area contributed by atoms with Gasteiger partial charge in [-0.05, 0) is 92.1 Å². The molecule has 1 aliphatic heterocycles. The van der Waals surface area contributed by atoms with Gasteiger partial charge >= 0.3 is 37.9 Å². The summed E-state index contributed by atoms with van der Waals surface area (Å²) in [5, 5.41) is 8.30. The minimum absolute atomic E-state index is 0.511. The zero-order valence-corrected chi connectivity index (χ0v) is 51.3. The van der Waals surface area contributed by atoms with E-state index in [1.54, 1.807) is 0 Å². The Morgan fingerprint density at radius 1 is 0.434 bits per heavy atom. The number of aryl methyl sites for hydroxylation is 2. The van der Waals surface area contributed by atoms with Crippen molar-refractivity contribution in [2.75, 3.05) is 0 Å². The van der Waals surface area contributed by atoms with Crippen LogP contribution >= 0.6 is 17.0 Å². The van der Waals surface area contributed by atoms with Crippen molar-refractivity contribution in [3.63, 3.8) is 0 Å². The first kappa shape index (κ1) is 56.9. The summed E-state index contributed by atoms with van der Waals surface area (Å²) in [6, 6.07) is 73.2.